The van der Waals surface area contributed by atoms with Gasteiger partial charge in [0.1, 0.15) is 11.2 Å². The van der Waals surface area contributed by atoms with Crippen LogP contribution in [-0.4, -0.2) is 0 Å². The molecule has 1 heterocycles. The monoisotopic (exact) mass is 713 g/mol. The largest absolute Gasteiger partial charge is 0.456 e. The van der Waals surface area contributed by atoms with E-state index in [4.69, 9.17) is 4.42 Å². The van der Waals surface area contributed by atoms with Crippen LogP contribution >= 0.6 is 0 Å². The molecular weight excluding hydrogens is 679 g/mol. The molecule has 11 aromatic rings. The maximum Gasteiger partial charge on any atom is 0.137 e. The lowest BCUT2D eigenvalue weighted by atomic mass is 9.96. The molecule has 10 aromatic carbocycles. The Kier molecular flexibility index (Phi) is 7.53. The Labute approximate surface area is 325 Å². The molecule has 0 unspecified atom stereocenters. The number of rotatable bonds is 6. The third-order valence-electron chi connectivity index (χ3n) is 11.2. The summed E-state index contributed by atoms with van der Waals surface area (Å²) in [6.45, 7) is 0. The summed E-state index contributed by atoms with van der Waals surface area (Å²) in [6, 6.07) is 76.6. The third kappa shape index (κ3) is 5.51. The maximum absolute atomic E-state index is 6.40. The molecule has 0 saturated heterocycles. The number of furan rings is 1. The molecule has 0 aliphatic heterocycles. The van der Waals surface area contributed by atoms with Crippen molar-refractivity contribution in [1.29, 1.82) is 0 Å². The standard InChI is InChI=1S/C54H35NO/c1-2-11-42-33-44(27-23-36(42)9-1)39-21-19-37(20-22-39)38-29-31-46(32-30-38)55(51-16-8-18-53-54(51)49-15-5-6-17-52(49)56-53)47-13-7-12-43(34-47)45-28-26-41-25-24-40-10-3-4-14-48(40)50(41)35-45/h1-35H. The average Bonchev–Trinajstić information content (AvgIpc) is 3.66. The second-order valence-corrected chi connectivity index (χ2v) is 14.5. The van der Waals surface area contributed by atoms with Crippen molar-refractivity contribution in [2.24, 2.45) is 0 Å². The molecule has 56 heavy (non-hydrogen) atoms. The Bertz CT molecular complexity index is 3250. The molecule has 0 spiro atoms. The fraction of sp³-hybridized carbons (Fsp3) is 0. The van der Waals surface area contributed by atoms with E-state index in [1.807, 2.05) is 12.1 Å². The number of hydrogen-bond donors (Lipinski definition) is 0. The Morgan fingerprint density at radius 2 is 0.821 bits per heavy atom. The van der Waals surface area contributed by atoms with Crippen LogP contribution < -0.4 is 4.90 Å². The first-order valence-electron chi connectivity index (χ1n) is 19.2. The second kappa shape index (κ2) is 13.2. The SMILES string of the molecule is c1cc(-c2ccc3ccc4ccccc4c3c2)cc(N(c2ccc(-c3ccc(-c4ccc5ccccc5c4)cc3)cc2)c2cccc3oc4ccccc4c23)c1. The second-order valence-electron chi connectivity index (χ2n) is 14.5. The van der Waals surface area contributed by atoms with Crippen LogP contribution in [0.15, 0.2) is 217 Å². The van der Waals surface area contributed by atoms with Gasteiger partial charge >= 0.3 is 0 Å². The molecule has 11 rings (SSSR count). The minimum atomic E-state index is 0.870. The highest BCUT2D eigenvalue weighted by atomic mass is 16.3. The average molecular weight is 714 g/mol. The molecule has 0 radical (unpaired) electrons. The predicted molar refractivity (Wildman–Crippen MR) is 237 cm³/mol. The van der Waals surface area contributed by atoms with Crippen LogP contribution in [0.1, 0.15) is 0 Å². The van der Waals surface area contributed by atoms with E-state index in [0.29, 0.717) is 0 Å². The van der Waals surface area contributed by atoms with E-state index in [-0.39, 0.29) is 0 Å². The van der Waals surface area contributed by atoms with Gasteiger partial charge in [0.05, 0.1) is 11.1 Å². The first-order chi connectivity index (χ1) is 27.7. The van der Waals surface area contributed by atoms with Crippen molar-refractivity contribution < 1.29 is 4.42 Å². The molecule has 262 valence electrons. The zero-order chi connectivity index (χ0) is 37.0. The summed E-state index contributed by atoms with van der Waals surface area (Å²) in [6.07, 6.45) is 0. The van der Waals surface area contributed by atoms with E-state index in [1.165, 1.54) is 60.1 Å². The number of nitrogens with zero attached hydrogens (tertiary/aromatic N) is 1. The molecule has 0 amide bonds. The topological polar surface area (TPSA) is 16.4 Å². The summed E-state index contributed by atoms with van der Waals surface area (Å²) in [5, 5.41) is 9.74. The van der Waals surface area contributed by atoms with Crippen molar-refractivity contribution in [3.63, 3.8) is 0 Å². The molecule has 0 aliphatic rings. The first kappa shape index (κ1) is 32.0. The summed E-state index contributed by atoms with van der Waals surface area (Å²) in [5.41, 5.74) is 12.1. The number of fused-ring (bicyclic) bond motifs is 7. The molecule has 0 bridgehead atoms. The van der Waals surface area contributed by atoms with Gasteiger partial charge in [-0.2, -0.15) is 0 Å². The quantitative estimate of drug-likeness (QED) is 0.160. The molecule has 0 aliphatic carbocycles. The van der Waals surface area contributed by atoms with Crippen LogP contribution in [0.3, 0.4) is 0 Å². The first-order valence-corrected chi connectivity index (χ1v) is 19.2. The Balaban J connectivity index is 1.01. The van der Waals surface area contributed by atoms with E-state index in [0.717, 1.165) is 44.6 Å². The van der Waals surface area contributed by atoms with Gasteiger partial charge in [-0.15, -0.1) is 0 Å². The zero-order valence-corrected chi connectivity index (χ0v) is 30.6. The maximum atomic E-state index is 6.40. The van der Waals surface area contributed by atoms with Crippen LogP contribution in [-0.2, 0) is 0 Å². The molecule has 2 nitrogen and oxygen atoms in total. The fourth-order valence-electron chi connectivity index (χ4n) is 8.40. The van der Waals surface area contributed by atoms with Crippen LogP contribution in [0.25, 0.3) is 87.6 Å². The molecule has 0 atom stereocenters. The Morgan fingerprint density at radius 1 is 0.286 bits per heavy atom. The van der Waals surface area contributed by atoms with Gasteiger partial charge in [0.15, 0.2) is 0 Å². The fourth-order valence-corrected chi connectivity index (χ4v) is 8.40. The summed E-state index contributed by atoms with van der Waals surface area (Å²) in [5.74, 6) is 0. The van der Waals surface area contributed by atoms with Gasteiger partial charge in [0.25, 0.3) is 0 Å². The highest BCUT2D eigenvalue weighted by Crippen LogP contribution is 2.44. The minimum Gasteiger partial charge on any atom is -0.456 e. The third-order valence-corrected chi connectivity index (χ3v) is 11.2. The van der Waals surface area contributed by atoms with Gasteiger partial charge in [-0.1, -0.05) is 158 Å². The van der Waals surface area contributed by atoms with Crippen LogP contribution in [0.2, 0.25) is 0 Å². The van der Waals surface area contributed by atoms with Crippen molar-refractivity contribution in [3.05, 3.63) is 212 Å². The molecule has 0 N–H and O–H groups in total. The lowest BCUT2D eigenvalue weighted by Crippen LogP contribution is -2.10. The van der Waals surface area contributed by atoms with E-state index < -0.39 is 0 Å². The number of hydrogen-bond acceptors (Lipinski definition) is 2. The minimum absolute atomic E-state index is 0.870. The molecule has 0 fully saturated rings. The van der Waals surface area contributed by atoms with Crippen molar-refractivity contribution in [1.82, 2.24) is 0 Å². The molecule has 0 saturated carbocycles. The number of para-hydroxylation sites is 1. The Morgan fingerprint density at radius 3 is 1.62 bits per heavy atom. The van der Waals surface area contributed by atoms with Gasteiger partial charge in [0.2, 0.25) is 0 Å². The van der Waals surface area contributed by atoms with Crippen LogP contribution in [0, 0.1) is 0 Å². The predicted octanol–water partition coefficient (Wildman–Crippen LogP) is 15.5. The smallest absolute Gasteiger partial charge is 0.137 e. The van der Waals surface area contributed by atoms with Gasteiger partial charge in [-0.3, -0.25) is 0 Å². The van der Waals surface area contributed by atoms with Crippen molar-refractivity contribution in [3.8, 4) is 33.4 Å². The van der Waals surface area contributed by atoms with Gasteiger partial charge in [-0.05, 0) is 120 Å². The lowest BCUT2D eigenvalue weighted by molar-refractivity contribution is 0.669. The van der Waals surface area contributed by atoms with Crippen molar-refractivity contribution in [2.45, 2.75) is 0 Å². The Hall–Kier alpha value is -7.42. The van der Waals surface area contributed by atoms with E-state index in [2.05, 4.69) is 205 Å². The van der Waals surface area contributed by atoms with Crippen molar-refractivity contribution in [2.75, 3.05) is 4.90 Å². The van der Waals surface area contributed by atoms with Gasteiger partial charge in [0, 0.05) is 16.8 Å². The molecule has 1 aromatic heterocycles. The summed E-state index contributed by atoms with van der Waals surface area (Å²) in [7, 11) is 0. The number of benzene rings is 10. The summed E-state index contributed by atoms with van der Waals surface area (Å²) in [4.78, 5) is 2.37. The van der Waals surface area contributed by atoms with E-state index >= 15 is 0 Å². The van der Waals surface area contributed by atoms with Crippen LogP contribution in [0.4, 0.5) is 17.1 Å². The summed E-state index contributed by atoms with van der Waals surface area (Å²) >= 11 is 0. The number of anilines is 3. The van der Waals surface area contributed by atoms with Gasteiger partial charge in [-0.25, -0.2) is 0 Å². The normalized spacial score (nSPS) is 11.6. The highest BCUT2D eigenvalue weighted by molar-refractivity contribution is 6.13. The summed E-state index contributed by atoms with van der Waals surface area (Å²) < 4.78 is 6.40. The van der Waals surface area contributed by atoms with Crippen molar-refractivity contribution >= 4 is 71.3 Å². The van der Waals surface area contributed by atoms with Crippen LogP contribution in [0.5, 0.6) is 0 Å². The highest BCUT2D eigenvalue weighted by Gasteiger charge is 2.20. The van der Waals surface area contributed by atoms with E-state index in [9.17, 15) is 0 Å². The van der Waals surface area contributed by atoms with E-state index in [1.54, 1.807) is 0 Å². The lowest BCUT2D eigenvalue weighted by Gasteiger charge is -2.27. The molecule has 2 heteroatoms. The molecular formula is C54H35NO. The zero-order valence-electron chi connectivity index (χ0n) is 30.6. The van der Waals surface area contributed by atoms with Gasteiger partial charge < -0.3 is 9.32 Å².